The first kappa shape index (κ1) is 18.0. The maximum absolute atomic E-state index is 12.4. The van der Waals surface area contributed by atoms with E-state index in [1.54, 1.807) is 0 Å². The lowest BCUT2D eigenvalue weighted by Crippen LogP contribution is -2.13. The van der Waals surface area contributed by atoms with Gasteiger partial charge in [-0.3, -0.25) is 4.79 Å². The number of rotatable bonds is 5. The predicted octanol–water partition coefficient (Wildman–Crippen LogP) is 6.20. The van der Waals surface area contributed by atoms with Gasteiger partial charge in [-0.1, -0.05) is 29.8 Å². The number of nitrogens with zero attached hydrogens (tertiary/aromatic N) is 1. The number of para-hydroxylation sites is 1. The van der Waals surface area contributed by atoms with E-state index < -0.39 is 0 Å². The average molecular weight is 395 g/mol. The highest BCUT2D eigenvalue weighted by Crippen LogP contribution is 2.31. The summed E-state index contributed by atoms with van der Waals surface area (Å²) in [5, 5.41) is 6.08. The standard InChI is InChI=1S/C22H19ClN2OS/c1-2-25-20-6-4-3-5-18(20)19-13-16(9-12-21(19)25)24-22(26)14-27-17-10-7-15(23)8-11-17/h3-13H,2,14H2,1H3,(H,24,26). The Labute approximate surface area is 167 Å². The molecule has 1 N–H and O–H groups in total. The number of hydrogen-bond donors (Lipinski definition) is 1. The van der Waals surface area contributed by atoms with E-state index in [-0.39, 0.29) is 5.91 Å². The predicted molar refractivity (Wildman–Crippen MR) is 116 cm³/mol. The quantitative estimate of drug-likeness (QED) is 0.409. The Morgan fingerprint density at radius 1 is 1.00 bits per heavy atom. The zero-order chi connectivity index (χ0) is 18.8. The van der Waals surface area contributed by atoms with Gasteiger partial charge in [0.2, 0.25) is 5.91 Å². The van der Waals surface area contributed by atoms with Crippen molar-refractivity contribution in [2.24, 2.45) is 0 Å². The molecule has 1 aromatic heterocycles. The molecule has 27 heavy (non-hydrogen) atoms. The lowest BCUT2D eigenvalue weighted by molar-refractivity contribution is -0.113. The number of carbonyl (C=O) groups is 1. The summed E-state index contributed by atoms with van der Waals surface area (Å²) in [5.41, 5.74) is 3.23. The van der Waals surface area contributed by atoms with E-state index in [0.29, 0.717) is 10.8 Å². The lowest BCUT2D eigenvalue weighted by Gasteiger charge is -2.07. The minimum Gasteiger partial charge on any atom is -0.341 e. The van der Waals surface area contributed by atoms with Crippen molar-refractivity contribution in [2.45, 2.75) is 18.4 Å². The number of thioether (sulfide) groups is 1. The van der Waals surface area contributed by atoms with Gasteiger partial charge in [0.25, 0.3) is 0 Å². The van der Waals surface area contributed by atoms with Crippen molar-refractivity contribution < 1.29 is 4.79 Å². The van der Waals surface area contributed by atoms with Crippen LogP contribution < -0.4 is 5.32 Å². The Morgan fingerprint density at radius 2 is 1.74 bits per heavy atom. The first-order valence-corrected chi connectivity index (χ1v) is 10.2. The molecule has 0 saturated heterocycles. The van der Waals surface area contributed by atoms with E-state index in [0.717, 1.165) is 22.5 Å². The summed E-state index contributed by atoms with van der Waals surface area (Å²) in [5.74, 6) is 0.338. The smallest absolute Gasteiger partial charge is 0.234 e. The third kappa shape index (κ3) is 3.68. The fourth-order valence-electron chi connectivity index (χ4n) is 3.35. The molecule has 4 rings (SSSR count). The van der Waals surface area contributed by atoms with E-state index in [1.807, 2.05) is 30.3 Å². The Bertz CT molecular complexity index is 1120. The molecular weight excluding hydrogens is 376 g/mol. The van der Waals surface area contributed by atoms with E-state index in [4.69, 9.17) is 11.6 Å². The molecule has 0 aliphatic heterocycles. The Kier molecular flexibility index (Phi) is 5.10. The minimum absolute atomic E-state index is 0.0199. The number of halogens is 1. The van der Waals surface area contributed by atoms with Crippen LogP contribution in [0, 0.1) is 0 Å². The number of anilines is 1. The van der Waals surface area contributed by atoms with Crippen molar-refractivity contribution in [2.75, 3.05) is 11.1 Å². The zero-order valence-corrected chi connectivity index (χ0v) is 16.5. The fourth-order valence-corrected chi connectivity index (χ4v) is 4.17. The highest BCUT2D eigenvalue weighted by Gasteiger charge is 2.11. The molecule has 4 aromatic rings. The van der Waals surface area contributed by atoms with Gasteiger partial charge in [-0.15, -0.1) is 11.8 Å². The van der Waals surface area contributed by atoms with Crippen molar-refractivity contribution >= 4 is 56.8 Å². The van der Waals surface area contributed by atoms with Crippen LogP contribution in [0.3, 0.4) is 0 Å². The molecule has 0 radical (unpaired) electrons. The molecule has 136 valence electrons. The third-order valence-corrected chi connectivity index (χ3v) is 5.82. The molecule has 0 unspecified atom stereocenters. The van der Waals surface area contributed by atoms with Crippen LogP contribution in [-0.2, 0) is 11.3 Å². The Balaban J connectivity index is 1.54. The second-order valence-electron chi connectivity index (χ2n) is 6.28. The molecule has 1 heterocycles. The summed E-state index contributed by atoms with van der Waals surface area (Å²) in [6.45, 7) is 3.06. The van der Waals surface area contributed by atoms with Crippen molar-refractivity contribution in [1.82, 2.24) is 4.57 Å². The molecule has 0 spiro atoms. The number of aromatic nitrogens is 1. The van der Waals surface area contributed by atoms with Crippen molar-refractivity contribution in [3.05, 3.63) is 71.8 Å². The van der Waals surface area contributed by atoms with Crippen LogP contribution in [0.15, 0.2) is 71.6 Å². The van der Waals surface area contributed by atoms with Crippen LogP contribution in [0.25, 0.3) is 21.8 Å². The van der Waals surface area contributed by atoms with Crippen LogP contribution in [0.4, 0.5) is 5.69 Å². The number of aryl methyl sites for hydroxylation is 1. The number of nitrogens with one attached hydrogen (secondary N) is 1. The van der Waals surface area contributed by atoms with Gasteiger partial charge in [-0.25, -0.2) is 0 Å². The Hall–Kier alpha value is -2.43. The highest BCUT2D eigenvalue weighted by molar-refractivity contribution is 8.00. The van der Waals surface area contributed by atoms with Gasteiger partial charge in [0.05, 0.1) is 5.75 Å². The third-order valence-electron chi connectivity index (χ3n) is 4.56. The lowest BCUT2D eigenvalue weighted by atomic mass is 10.1. The first-order chi connectivity index (χ1) is 13.2. The maximum atomic E-state index is 12.4. The number of amides is 1. The molecule has 0 bridgehead atoms. The summed E-state index contributed by atoms with van der Waals surface area (Å²) >= 11 is 7.39. The van der Waals surface area contributed by atoms with Gasteiger partial charge in [0.1, 0.15) is 0 Å². The molecule has 3 aromatic carbocycles. The molecule has 0 aliphatic rings. The SMILES string of the molecule is CCn1c2ccccc2c2cc(NC(=O)CSc3ccc(Cl)cc3)ccc21. The van der Waals surface area contributed by atoms with E-state index in [2.05, 4.69) is 53.2 Å². The van der Waals surface area contributed by atoms with E-state index in [9.17, 15) is 4.79 Å². The number of benzene rings is 3. The maximum Gasteiger partial charge on any atom is 0.234 e. The second kappa shape index (κ2) is 7.67. The van der Waals surface area contributed by atoms with Crippen molar-refractivity contribution in [3.8, 4) is 0 Å². The molecule has 0 atom stereocenters. The minimum atomic E-state index is -0.0199. The van der Waals surface area contributed by atoms with Crippen LogP contribution in [0.1, 0.15) is 6.92 Å². The first-order valence-electron chi connectivity index (χ1n) is 8.85. The van der Waals surface area contributed by atoms with Crippen molar-refractivity contribution in [3.63, 3.8) is 0 Å². The summed E-state index contributed by atoms with van der Waals surface area (Å²) in [4.78, 5) is 13.4. The van der Waals surface area contributed by atoms with Crippen LogP contribution >= 0.6 is 23.4 Å². The number of carbonyl (C=O) groups excluding carboxylic acids is 1. The molecular formula is C22H19ClN2OS. The molecule has 0 aliphatic carbocycles. The summed E-state index contributed by atoms with van der Waals surface area (Å²) in [6, 6.07) is 22.0. The van der Waals surface area contributed by atoms with Gasteiger partial charge < -0.3 is 9.88 Å². The highest BCUT2D eigenvalue weighted by atomic mass is 35.5. The van der Waals surface area contributed by atoms with Crippen LogP contribution in [-0.4, -0.2) is 16.2 Å². The molecule has 0 saturated carbocycles. The number of fused-ring (bicyclic) bond motifs is 3. The van der Waals surface area contributed by atoms with Crippen LogP contribution in [0.5, 0.6) is 0 Å². The molecule has 0 fully saturated rings. The molecule has 1 amide bonds. The van der Waals surface area contributed by atoms with E-state index >= 15 is 0 Å². The molecule has 3 nitrogen and oxygen atoms in total. The fraction of sp³-hybridized carbons (Fsp3) is 0.136. The van der Waals surface area contributed by atoms with Gasteiger partial charge >= 0.3 is 0 Å². The number of hydrogen-bond acceptors (Lipinski definition) is 2. The van der Waals surface area contributed by atoms with E-state index in [1.165, 1.54) is 28.2 Å². The topological polar surface area (TPSA) is 34.0 Å². The van der Waals surface area contributed by atoms with Gasteiger partial charge in [0, 0.05) is 44.0 Å². The normalized spacial score (nSPS) is 11.2. The van der Waals surface area contributed by atoms with Gasteiger partial charge in [-0.2, -0.15) is 0 Å². The average Bonchev–Trinajstić information content (AvgIpc) is 3.01. The monoisotopic (exact) mass is 394 g/mol. The van der Waals surface area contributed by atoms with Crippen LogP contribution in [0.2, 0.25) is 5.02 Å². The molecule has 5 heteroatoms. The summed E-state index contributed by atoms with van der Waals surface area (Å²) < 4.78 is 2.30. The Morgan fingerprint density at radius 3 is 2.52 bits per heavy atom. The summed E-state index contributed by atoms with van der Waals surface area (Å²) in [7, 11) is 0. The largest absolute Gasteiger partial charge is 0.341 e. The second-order valence-corrected chi connectivity index (χ2v) is 7.77. The van der Waals surface area contributed by atoms with Gasteiger partial charge in [-0.05, 0) is 55.5 Å². The van der Waals surface area contributed by atoms with Gasteiger partial charge in [0.15, 0.2) is 0 Å². The van der Waals surface area contributed by atoms with Crippen molar-refractivity contribution in [1.29, 1.82) is 0 Å². The summed E-state index contributed by atoms with van der Waals surface area (Å²) in [6.07, 6.45) is 0. The zero-order valence-electron chi connectivity index (χ0n) is 14.9.